The van der Waals surface area contributed by atoms with Gasteiger partial charge in [-0.25, -0.2) is 22.9 Å². The highest BCUT2D eigenvalue weighted by Crippen LogP contribution is 2.07. The number of aromatic nitrogens is 1. The lowest BCUT2D eigenvalue weighted by Crippen LogP contribution is -2.30. The van der Waals surface area contributed by atoms with Gasteiger partial charge in [-0.1, -0.05) is 6.92 Å². The van der Waals surface area contributed by atoms with Gasteiger partial charge in [-0.3, -0.25) is 0 Å². The Kier molecular flexibility index (Phi) is 4.76. The molecule has 0 aliphatic rings. The number of carboxylic acid groups (broad SMARTS) is 1. The SMILES string of the molecule is CC(CO)CNS(=O)(=O)c1ccc(C(=O)O)cn1. The summed E-state index contributed by atoms with van der Waals surface area (Å²) in [5, 5.41) is 17.2. The van der Waals surface area contributed by atoms with E-state index in [1.807, 2.05) is 0 Å². The largest absolute Gasteiger partial charge is 0.478 e. The molecule has 8 heteroatoms. The first kappa shape index (κ1) is 14.6. The number of pyridine rings is 1. The van der Waals surface area contributed by atoms with Crippen molar-refractivity contribution in [2.75, 3.05) is 13.2 Å². The van der Waals surface area contributed by atoms with E-state index in [0.29, 0.717) is 0 Å². The number of hydrogen-bond acceptors (Lipinski definition) is 5. The molecule has 0 aromatic carbocycles. The molecule has 1 rings (SSSR count). The molecule has 0 radical (unpaired) electrons. The van der Waals surface area contributed by atoms with Crippen LogP contribution in [0.3, 0.4) is 0 Å². The molecule has 18 heavy (non-hydrogen) atoms. The van der Waals surface area contributed by atoms with Gasteiger partial charge in [-0.05, 0) is 18.1 Å². The highest BCUT2D eigenvalue weighted by molar-refractivity contribution is 7.89. The van der Waals surface area contributed by atoms with Crippen molar-refractivity contribution in [2.24, 2.45) is 5.92 Å². The number of sulfonamides is 1. The average molecular weight is 274 g/mol. The predicted octanol–water partition coefficient (Wildman–Crippen LogP) is -0.314. The molecule has 7 nitrogen and oxygen atoms in total. The highest BCUT2D eigenvalue weighted by Gasteiger charge is 2.17. The molecule has 1 unspecified atom stereocenters. The van der Waals surface area contributed by atoms with Crippen LogP contribution in [0.15, 0.2) is 23.4 Å². The summed E-state index contributed by atoms with van der Waals surface area (Å²) < 4.78 is 25.7. The molecule has 100 valence electrons. The van der Waals surface area contributed by atoms with E-state index >= 15 is 0 Å². The monoisotopic (exact) mass is 274 g/mol. The molecule has 3 N–H and O–H groups in total. The number of hydrogen-bond donors (Lipinski definition) is 3. The first-order valence-corrected chi connectivity index (χ1v) is 6.65. The maximum absolute atomic E-state index is 11.7. The summed E-state index contributed by atoms with van der Waals surface area (Å²) >= 11 is 0. The summed E-state index contributed by atoms with van der Waals surface area (Å²) in [6, 6.07) is 2.29. The normalized spacial score (nSPS) is 13.2. The lowest BCUT2D eigenvalue weighted by molar-refractivity contribution is 0.0696. The van der Waals surface area contributed by atoms with Crippen molar-refractivity contribution in [3.8, 4) is 0 Å². The number of carbonyl (C=O) groups is 1. The van der Waals surface area contributed by atoms with Crippen molar-refractivity contribution < 1.29 is 23.4 Å². The zero-order valence-electron chi connectivity index (χ0n) is 9.70. The lowest BCUT2D eigenvalue weighted by atomic mass is 10.2. The Hall–Kier alpha value is -1.51. The minimum Gasteiger partial charge on any atom is -0.478 e. The number of aliphatic hydroxyl groups excluding tert-OH is 1. The number of nitrogens with one attached hydrogen (secondary N) is 1. The molecule has 0 spiro atoms. The molecule has 0 saturated carbocycles. The maximum atomic E-state index is 11.7. The summed E-state index contributed by atoms with van der Waals surface area (Å²) in [6.45, 7) is 1.64. The van der Waals surface area contributed by atoms with E-state index in [-0.39, 0.29) is 29.7 Å². The van der Waals surface area contributed by atoms with Gasteiger partial charge in [0.15, 0.2) is 5.03 Å². The molecule has 0 bridgehead atoms. The van der Waals surface area contributed by atoms with Crippen LogP contribution in [0.2, 0.25) is 0 Å². The van der Waals surface area contributed by atoms with Gasteiger partial charge < -0.3 is 10.2 Å². The highest BCUT2D eigenvalue weighted by atomic mass is 32.2. The van der Waals surface area contributed by atoms with Gasteiger partial charge >= 0.3 is 5.97 Å². The Morgan fingerprint density at radius 2 is 2.17 bits per heavy atom. The van der Waals surface area contributed by atoms with Crippen LogP contribution in [0.25, 0.3) is 0 Å². The van der Waals surface area contributed by atoms with Gasteiger partial charge in [-0.15, -0.1) is 0 Å². The minimum absolute atomic E-state index is 0.0845. The van der Waals surface area contributed by atoms with Gasteiger partial charge in [0.1, 0.15) is 0 Å². The Labute approximate surface area is 105 Å². The van der Waals surface area contributed by atoms with Gasteiger partial charge in [0.05, 0.1) is 5.56 Å². The Balaban J connectivity index is 2.82. The topological polar surface area (TPSA) is 117 Å². The molecule has 1 aromatic heterocycles. The molecule has 0 fully saturated rings. The van der Waals surface area contributed by atoms with Crippen LogP contribution >= 0.6 is 0 Å². The number of nitrogens with zero attached hydrogens (tertiary/aromatic N) is 1. The summed E-state index contributed by atoms with van der Waals surface area (Å²) in [7, 11) is -3.77. The van der Waals surface area contributed by atoms with E-state index < -0.39 is 16.0 Å². The summed E-state index contributed by atoms with van der Waals surface area (Å²) in [5.74, 6) is -1.38. The van der Waals surface area contributed by atoms with E-state index in [0.717, 1.165) is 12.3 Å². The fourth-order valence-electron chi connectivity index (χ4n) is 1.06. The maximum Gasteiger partial charge on any atom is 0.337 e. The van der Waals surface area contributed by atoms with Crippen LogP contribution in [-0.4, -0.2) is 42.7 Å². The van der Waals surface area contributed by atoms with Crippen LogP contribution in [-0.2, 0) is 10.0 Å². The number of aliphatic hydroxyl groups is 1. The van der Waals surface area contributed by atoms with E-state index in [4.69, 9.17) is 10.2 Å². The van der Waals surface area contributed by atoms with Gasteiger partial charge in [0, 0.05) is 19.3 Å². The zero-order valence-corrected chi connectivity index (χ0v) is 10.5. The lowest BCUT2D eigenvalue weighted by Gasteiger charge is -2.09. The summed E-state index contributed by atoms with van der Waals surface area (Å²) in [5.41, 5.74) is -0.0855. The third-order valence-corrected chi connectivity index (χ3v) is 3.53. The second kappa shape index (κ2) is 5.89. The summed E-state index contributed by atoms with van der Waals surface area (Å²) in [4.78, 5) is 14.2. The van der Waals surface area contributed by atoms with Crippen LogP contribution in [0, 0.1) is 5.92 Å². The van der Waals surface area contributed by atoms with Crippen molar-refractivity contribution in [1.82, 2.24) is 9.71 Å². The first-order valence-electron chi connectivity index (χ1n) is 5.16. The summed E-state index contributed by atoms with van der Waals surface area (Å²) in [6.07, 6.45) is 0.979. The Bertz CT molecular complexity index is 512. The van der Waals surface area contributed by atoms with E-state index in [1.165, 1.54) is 6.07 Å². The minimum atomic E-state index is -3.77. The molecule has 0 amide bonds. The molecule has 0 aliphatic carbocycles. The van der Waals surface area contributed by atoms with E-state index in [1.54, 1.807) is 6.92 Å². The number of aromatic carboxylic acids is 1. The second-order valence-corrected chi connectivity index (χ2v) is 5.54. The number of carboxylic acids is 1. The van der Waals surface area contributed by atoms with Gasteiger partial charge in [-0.2, -0.15) is 0 Å². The van der Waals surface area contributed by atoms with Crippen molar-refractivity contribution in [3.05, 3.63) is 23.9 Å². The van der Waals surface area contributed by atoms with Crippen molar-refractivity contribution in [1.29, 1.82) is 0 Å². The molecule has 1 heterocycles. The molecular formula is C10H14N2O5S. The van der Waals surface area contributed by atoms with Crippen LogP contribution in [0.4, 0.5) is 0 Å². The van der Waals surface area contributed by atoms with Crippen LogP contribution < -0.4 is 4.72 Å². The van der Waals surface area contributed by atoms with Gasteiger partial charge in [0.25, 0.3) is 10.0 Å². The Morgan fingerprint density at radius 3 is 2.61 bits per heavy atom. The second-order valence-electron chi connectivity index (χ2n) is 3.83. The third kappa shape index (κ3) is 3.76. The van der Waals surface area contributed by atoms with E-state index in [2.05, 4.69) is 9.71 Å². The standard InChI is InChI=1S/C10H14N2O5S/c1-7(6-13)4-12-18(16,17)9-3-2-8(5-11-9)10(14)15/h2-3,5,7,12-13H,4,6H2,1H3,(H,14,15). The van der Waals surface area contributed by atoms with Gasteiger partial charge in [0.2, 0.25) is 0 Å². The van der Waals surface area contributed by atoms with Crippen LogP contribution in [0.5, 0.6) is 0 Å². The van der Waals surface area contributed by atoms with Crippen molar-refractivity contribution in [3.63, 3.8) is 0 Å². The third-order valence-electron chi connectivity index (χ3n) is 2.19. The van der Waals surface area contributed by atoms with Crippen molar-refractivity contribution >= 4 is 16.0 Å². The molecule has 0 saturated heterocycles. The average Bonchev–Trinajstić information content (AvgIpc) is 2.36. The molecular weight excluding hydrogens is 260 g/mol. The fourth-order valence-corrected chi connectivity index (χ4v) is 2.15. The molecule has 0 aliphatic heterocycles. The first-order chi connectivity index (χ1) is 8.36. The quantitative estimate of drug-likeness (QED) is 0.655. The smallest absolute Gasteiger partial charge is 0.337 e. The molecule has 1 atom stereocenters. The fraction of sp³-hybridized carbons (Fsp3) is 0.400. The Morgan fingerprint density at radius 1 is 1.50 bits per heavy atom. The molecule has 1 aromatic rings. The zero-order chi connectivity index (χ0) is 13.8. The number of rotatable bonds is 6. The van der Waals surface area contributed by atoms with E-state index in [9.17, 15) is 13.2 Å². The van der Waals surface area contributed by atoms with Crippen LogP contribution in [0.1, 0.15) is 17.3 Å². The predicted molar refractivity (Wildman–Crippen MR) is 62.6 cm³/mol. The van der Waals surface area contributed by atoms with Crippen molar-refractivity contribution in [2.45, 2.75) is 11.9 Å².